The highest BCUT2D eigenvalue weighted by Crippen LogP contribution is 2.26. The van der Waals surface area contributed by atoms with Crippen molar-refractivity contribution in [2.24, 2.45) is 0 Å². The monoisotopic (exact) mass is 892 g/mol. The molecule has 0 aliphatic heterocycles. The lowest BCUT2D eigenvalue weighted by Gasteiger charge is -2.35. The Labute approximate surface area is 364 Å². The molecule has 0 fully saturated rings. The van der Waals surface area contributed by atoms with Gasteiger partial charge in [-0.2, -0.15) is 16.8 Å². The van der Waals surface area contributed by atoms with Crippen LogP contribution in [0.25, 0.3) is 0 Å². The second-order valence-electron chi connectivity index (χ2n) is 13.7. The molecular formula is C47H40O14S2. The molecule has 6 aromatic carbocycles. The molecule has 0 radical (unpaired) electrons. The molecular weight excluding hydrogens is 853 g/mol. The van der Waals surface area contributed by atoms with Gasteiger partial charge in [0.15, 0.2) is 24.4 Å². The number of hydrogen-bond acceptors (Lipinski definition) is 14. The van der Waals surface area contributed by atoms with Gasteiger partial charge in [0.25, 0.3) is 20.2 Å². The Bertz CT molecular complexity index is 2680. The molecule has 0 saturated carbocycles. The molecule has 63 heavy (non-hydrogen) atoms. The maximum Gasteiger partial charge on any atom is 0.338 e. The van der Waals surface area contributed by atoms with Gasteiger partial charge in [0.05, 0.1) is 32.0 Å². The summed E-state index contributed by atoms with van der Waals surface area (Å²) in [5.74, 6) is -4.33. The summed E-state index contributed by atoms with van der Waals surface area (Å²) in [4.78, 5) is 55.4. The molecule has 4 atom stereocenters. The summed E-state index contributed by atoms with van der Waals surface area (Å²) in [6, 6.07) is 42.5. The zero-order valence-electron chi connectivity index (χ0n) is 33.5. The van der Waals surface area contributed by atoms with Gasteiger partial charge in [-0.05, 0) is 79.7 Å². The van der Waals surface area contributed by atoms with E-state index in [-0.39, 0.29) is 32.0 Å². The zero-order valence-corrected chi connectivity index (χ0v) is 35.1. The van der Waals surface area contributed by atoms with Crippen molar-refractivity contribution in [3.8, 4) is 0 Å². The van der Waals surface area contributed by atoms with Crippen LogP contribution in [0.1, 0.15) is 47.0 Å². The fourth-order valence-electron chi connectivity index (χ4n) is 5.93. The summed E-state index contributed by atoms with van der Waals surface area (Å²) in [6.45, 7) is -0.415. The summed E-state index contributed by atoms with van der Waals surface area (Å²) in [7, 11) is -9.27. The quantitative estimate of drug-likeness (QED) is 0.0458. The van der Waals surface area contributed by atoms with E-state index in [9.17, 15) is 36.0 Å². The topological polar surface area (TPSA) is 192 Å². The van der Waals surface area contributed by atoms with E-state index >= 15 is 0 Å². The second kappa shape index (κ2) is 21.2. The molecule has 0 bridgehead atoms. The standard InChI is InChI=1S/C47H40O14S2/c1-33-27-29-39(30-28-33)63(54,55)57-32-41(59-45(49)35-19-9-3-10-20-35)43(61-47(51)37-23-13-5-14-24-37)42(60-46(50)36-21-11-4-12-22-36)40(58-44(48)34-17-7-2-8-18-34)31-56-62(52,53)38-25-15-6-16-26-38/h2-30,40-43H,31-32H2,1H3/t40-,41+,42-,43-/m1/s1. The van der Waals surface area contributed by atoms with Crippen LogP contribution in [-0.2, 0) is 47.5 Å². The van der Waals surface area contributed by atoms with Gasteiger partial charge in [-0.1, -0.05) is 109 Å². The number of hydrogen-bond donors (Lipinski definition) is 0. The van der Waals surface area contributed by atoms with Gasteiger partial charge in [0.1, 0.15) is 13.2 Å². The Balaban J connectivity index is 1.52. The number of esters is 4. The predicted octanol–water partition coefficient (Wildman–Crippen LogP) is 7.01. The summed E-state index contributed by atoms with van der Waals surface area (Å²) < 4.78 is 89.4. The molecule has 14 nitrogen and oxygen atoms in total. The van der Waals surface area contributed by atoms with Crippen molar-refractivity contribution in [3.05, 3.63) is 204 Å². The number of carbonyl (C=O) groups is 4. The van der Waals surface area contributed by atoms with Crippen LogP contribution in [0.3, 0.4) is 0 Å². The van der Waals surface area contributed by atoms with Crippen molar-refractivity contribution in [2.75, 3.05) is 13.2 Å². The Morgan fingerprint density at radius 3 is 0.968 bits per heavy atom. The minimum Gasteiger partial charge on any atom is -0.452 e. The maximum atomic E-state index is 14.1. The van der Waals surface area contributed by atoms with E-state index in [4.69, 9.17) is 27.3 Å². The first-order chi connectivity index (χ1) is 30.3. The highest BCUT2D eigenvalue weighted by Gasteiger charge is 2.46. The number of rotatable bonds is 19. The van der Waals surface area contributed by atoms with Crippen LogP contribution in [0.15, 0.2) is 186 Å². The van der Waals surface area contributed by atoms with Crippen LogP contribution < -0.4 is 0 Å². The van der Waals surface area contributed by atoms with E-state index in [1.165, 1.54) is 146 Å². The molecule has 0 aliphatic carbocycles. The van der Waals surface area contributed by atoms with E-state index < -0.39 is 81.7 Å². The highest BCUT2D eigenvalue weighted by atomic mass is 32.2. The molecule has 6 rings (SSSR count). The van der Waals surface area contributed by atoms with Crippen LogP contribution in [0.4, 0.5) is 0 Å². The van der Waals surface area contributed by atoms with Crippen molar-refractivity contribution in [1.82, 2.24) is 0 Å². The average molecular weight is 893 g/mol. The first kappa shape index (κ1) is 45.5. The minimum absolute atomic E-state index is 0.0285. The Morgan fingerprint density at radius 2 is 0.651 bits per heavy atom. The number of benzene rings is 6. The molecule has 0 amide bonds. The van der Waals surface area contributed by atoms with E-state index in [1.54, 1.807) is 37.3 Å². The third-order valence-electron chi connectivity index (χ3n) is 9.21. The summed E-state index contributed by atoms with van der Waals surface area (Å²) >= 11 is 0. The molecule has 0 spiro atoms. The third kappa shape index (κ3) is 12.5. The largest absolute Gasteiger partial charge is 0.452 e. The zero-order chi connectivity index (χ0) is 44.8. The maximum absolute atomic E-state index is 14.1. The van der Waals surface area contributed by atoms with Crippen molar-refractivity contribution in [3.63, 3.8) is 0 Å². The van der Waals surface area contributed by atoms with Gasteiger partial charge in [0.2, 0.25) is 0 Å². The van der Waals surface area contributed by atoms with Crippen LogP contribution in [0.2, 0.25) is 0 Å². The molecule has 0 saturated heterocycles. The molecule has 0 heterocycles. The summed E-state index contributed by atoms with van der Waals surface area (Å²) in [5.41, 5.74) is 0.570. The SMILES string of the molecule is Cc1ccc(S(=O)(=O)OC[C@H](OC(=O)c2ccccc2)[C@@H](OC(=O)c2ccccc2)[C@H](OC(=O)c2ccccc2)[C@@H](COS(=O)(=O)c2ccccc2)OC(=O)c2ccccc2)cc1. The summed E-state index contributed by atoms with van der Waals surface area (Å²) in [6.07, 6.45) is -8.29. The van der Waals surface area contributed by atoms with Crippen molar-refractivity contribution < 1.29 is 63.3 Å². The summed E-state index contributed by atoms with van der Waals surface area (Å²) in [5, 5.41) is 0. The fourth-order valence-corrected chi connectivity index (χ4v) is 7.79. The average Bonchev–Trinajstić information content (AvgIpc) is 3.31. The number of carbonyl (C=O) groups excluding carboxylic acids is 4. The van der Waals surface area contributed by atoms with Gasteiger partial charge in [-0.25, -0.2) is 19.2 Å². The lowest BCUT2D eigenvalue weighted by Crippen LogP contribution is -2.54. The predicted molar refractivity (Wildman–Crippen MR) is 226 cm³/mol. The van der Waals surface area contributed by atoms with E-state index in [0.717, 1.165) is 5.56 Å². The normalized spacial score (nSPS) is 13.3. The van der Waals surface area contributed by atoms with Crippen molar-refractivity contribution in [1.29, 1.82) is 0 Å². The lowest BCUT2D eigenvalue weighted by atomic mass is 10.0. The Hall–Kier alpha value is -6.98. The van der Waals surface area contributed by atoms with Crippen molar-refractivity contribution in [2.45, 2.75) is 41.1 Å². The van der Waals surface area contributed by atoms with Gasteiger partial charge in [-0.3, -0.25) is 8.37 Å². The molecule has 324 valence electrons. The van der Waals surface area contributed by atoms with Gasteiger partial charge < -0.3 is 18.9 Å². The fraction of sp³-hybridized carbons (Fsp3) is 0.149. The third-order valence-corrected chi connectivity index (χ3v) is 11.8. The van der Waals surface area contributed by atoms with Gasteiger partial charge in [-0.15, -0.1) is 0 Å². The molecule has 0 aromatic heterocycles. The van der Waals surface area contributed by atoms with Crippen LogP contribution in [0.5, 0.6) is 0 Å². The first-order valence-corrected chi connectivity index (χ1v) is 22.1. The highest BCUT2D eigenvalue weighted by molar-refractivity contribution is 7.87. The molecule has 6 aromatic rings. The van der Waals surface area contributed by atoms with Crippen LogP contribution in [0, 0.1) is 6.92 Å². The second-order valence-corrected chi connectivity index (χ2v) is 16.9. The van der Waals surface area contributed by atoms with Gasteiger partial charge >= 0.3 is 23.9 Å². The van der Waals surface area contributed by atoms with E-state index in [1.807, 2.05) is 0 Å². The molecule has 16 heteroatoms. The van der Waals surface area contributed by atoms with Crippen LogP contribution >= 0.6 is 0 Å². The first-order valence-electron chi connectivity index (χ1n) is 19.3. The molecule has 0 aliphatic rings. The van der Waals surface area contributed by atoms with Gasteiger partial charge in [0, 0.05) is 0 Å². The minimum atomic E-state index is -4.64. The lowest BCUT2D eigenvalue weighted by molar-refractivity contribution is -0.133. The van der Waals surface area contributed by atoms with E-state index in [0.29, 0.717) is 0 Å². The molecule has 0 unspecified atom stereocenters. The number of aryl methyl sites for hydroxylation is 1. The number of ether oxygens (including phenoxy) is 4. The van der Waals surface area contributed by atoms with E-state index in [2.05, 4.69) is 0 Å². The smallest absolute Gasteiger partial charge is 0.338 e. The molecule has 0 N–H and O–H groups in total. The Morgan fingerprint density at radius 1 is 0.381 bits per heavy atom. The van der Waals surface area contributed by atoms with Crippen LogP contribution in [-0.4, -0.2) is 78.3 Å². The van der Waals surface area contributed by atoms with Crippen molar-refractivity contribution >= 4 is 44.1 Å². The Kier molecular flexibility index (Phi) is 15.3.